The predicted octanol–water partition coefficient (Wildman–Crippen LogP) is 2.70. The Morgan fingerprint density at radius 1 is 0.451 bits per heavy atom. The lowest BCUT2D eigenvalue weighted by molar-refractivity contribution is 0.0683. The molecule has 0 bridgehead atoms. The number of amides is 3. The second kappa shape index (κ2) is 14.2. The number of rotatable bonds is 6. The minimum atomic E-state index is -0.653. The number of pyridine rings is 3. The summed E-state index contributed by atoms with van der Waals surface area (Å²) in [6.45, 7) is 1.20. The molecule has 258 valence electrons. The van der Waals surface area contributed by atoms with Gasteiger partial charge in [-0.3, -0.25) is 30.7 Å². The van der Waals surface area contributed by atoms with E-state index in [1.807, 2.05) is 0 Å². The molecule has 3 amide bonds. The molecule has 0 aliphatic carbocycles. The normalized spacial score (nSPS) is 14.8. The SMILES string of the molecule is O=C(NN1CCN(NC(=O)c2nc3ccccc3cc2O)CCN(NC(=O)c2nc3ccccc3cc2O)CC1)c1nc2ccccc2cc1O. The molecule has 0 atom stereocenters. The molecule has 1 saturated heterocycles. The van der Waals surface area contributed by atoms with Crippen LogP contribution in [-0.4, -0.2) is 102 Å². The van der Waals surface area contributed by atoms with E-state index in [2.05, 4.69) is 31.2 Å². The monoisotopic (exact) mass is 687 g/mol. The fraction of sp³-hybridized carbons (Fsp3) is 0.167. The van der Waals surface area contributed by atoms with Gasteiger partial charge in [0.2, 0.25) is 0 Å². The van der Waals surface area contributed by atoms with E-state index < -0.39 is 17.7 Å². The van der Waals surface area contributed by atoms with Gasteiger partial charge in [-0.15, -0.1) is 0 Å². The number of hydrogen-bond donors (Lipinski definition) is 6. The predicted molar refractivity (Wildman–Crippen MR) is 187 cm³/mol. The first kappa shape index (κ1) is 33.1. The highest BCUT2D eigenvalue weighted by Gasteiger charge is 2.25. The van der Waals surface area contributed by atoms with Crippen LogP contribution in [0.3, 0.4) is 0 Å². The quantitative estimate of drug-likeness (QED) is 0.150. The third-order valence-corrected chi connectivity index (χ3v) is 8.46. The molecule has 15 nitrogen and oxygen atoms in total. The zero-order valence-electron chi connectivity index (χ0n) is 27.2. The van der Waals surface area contributed by atoms with E-state index >= 15 is 0 Å². The summed E-state index contributed by atoms with van der Waals surface area (Å²) in [6.07, 6.45) is 0. The van der Waals surface area contributed by atoms with E-state index in [1.165, 1.54) is 18.2 Å². The lowest BCUT2D eigenvalue weighted by Crippen LogP contribution is -2.50. The summed E-state index contributed by atoms with van der Waals surface area (Å²) in [7, 11) is 0. The summed E-state index contributed by atoms with van der Waals surface area (Å²) in [4.78, 5) is 53.3. The van der Waals surface area contributed by atoms with Gasteiger partial charge in [-0.05, 0) is 36.4 Å². The summed E-state index contributed by atoms with van der Waals surface area (Å²) < 4.78 is 0. The van der Waals surface area contributed by atoms with Crippen molar-refractivity contribution in [3.05, 3.63) is 108 Å². The first-order chi connectivity index (χ1) is 24.7. The Morgan fingerprint density at radius 2 is 0.706 bits per heavy atom. The van der Waals surface area contributed by atoms with Crippen molar-refractivity contribution in [1.82, 2.24) is 46.3 Å². The van der Waals surface area contributed by atoms with E-state index in [-0.39, 0.29) is 73.6 Å². The van der Waals surface area contributed by atoms with Crippen molar-refractivity contribution >= 4 is 50.4 Å². The number of nitrogens with zero attached hydrogens (tertiary/aromatic N) is 6. The molecule has 0 spiro atoms. The molecule has 0 radical (unpaired) electrons. The molecule has 0 saturated carbocycles. The van der Waals surface area contributed by atoms with Crippen LogP contribution in [0.15, 0.2) is 91.0 Å². The standard InChI is InChI=1S/C36H33N9O6/c46-28-19-22-7-1-4-10-25(22)37-31(28)34(49)40-43-13-15-44(41-35(50)32-29(47)20-23-8-2-5-11-26(23)38-32)17-18-45(16-14-43)42-36(51)33-30(48)21-24-9-3-6-12-27(24)39-33/h1-12,19-21,46-48H,13-18H2,(H,40,49)(H,41,50)(H,42,51). The minimum Gasteiger partial charge on any atom is -0.505 e. The van der Waals surface area contributed by atoms with Crippen LogP contribution in [0.2, 0.25) is 0 Å². The average Bonchev–Trinajstić information content (AvgIpc) is 3.21. The Bertz CT molecular complexity index is 2030. The Balaban J connectivity index is 1.12. The van der Waals surface area contributed by atoms with Gasteiger partial charge in [-0.25, -0.2) is 30.0 Å². The molecule has 6 N–H and O–H groups in total. The fourth-order valence-corrected chi connectivity index (χ4v) is 5.80. The van der Waals surface area contributed by atoms with Gasteiger partial charge in [0, 0.05) is 55.4 Å². The molecule has 7 rings (SSSR count). The number of carbonyl (C=O) groups excluding carboxylic acids is 3. The summed E-state index contributed by atoms with van der Waals surface area (Å²) in [5.74, 6) is -2.83. The van der Waals surface area contributed by atoms with Crippen LogP contribution in [0.25, 0.3) is 32.7 Å². The van der Waals surface area contributed by atoms with Crippen LogP contribution in [0.4, 0.5) is 0 Å². The number of aromatic hydroxyl groups is 3. The zero-order valence-corrected chi connectivity index (χ0v) is 27.2. The van der Waals surface area contributed by atoms with Crippen molar-refractivity contribution in [2.45, 2.75) is 0 Å². The summed E-state index contributed by atoms with van der Waals surface area (Å²) in [6, 6.07) is 25.7. The van der Waals surface area contributed by atoms with Crippen molar-refractivity contribution in [3.8, 4) is 17.2 Å². The van der Waals surface area contributed by atoms with Crippen molar-refractivity contribution in [3.63, 3.8) is 0 Å². The van der Waals surface area contributed by atoms with E-state index in [9.17, 15) is 29.7 Å². The second-order valence-corrected chi connectivity index (χ2v) is 11.9. The summed E-state index contributed by atoms with van der Waals surface area (Å²) >= 11 is 0. The van der Waals surface area contributed by atoms with E-state index in [1.54, 1.807) is 87.8 Å². The number of carbonyl (C=O) groups is 3. The van der Waals surface area contributed by atoms with Gasteiger partial charge >= 0.3 is 0 Å². The first-order valence-electron chi connectivity index (χ1n) is 16.2. The van der Waals surface area contributed by atoms with Gasteiger partial charge in [-0.1, -0.05) is 54.6 Å². The molecule has 15 heteroatoms. The van der Waals surface area contributed by atoms with Crippen molar-refractivity contribution in [2.75, 3.05) is 39.3 Å². The number of hydrogen-bond acceptors (Lipinski definition) is 12. The maximum Gasteiger partial charge on any atom is 0.288 e. The average molecular weight is 688 g/mol. The lowest BCUT2D eigenvalue weighted by atomic mass is 10.2. The Kier molecular flexibility index (Phi) is 9.22. The molecular formula is C36H33N9O6. The Hall–Kier alpha value is -6.42. The zero-order chi connectivity index (χ0) is 35.5. The van der Waals surface area contributed by atoms with Crippen LogP contribution < -0.4 is 16.3 Å². The molecule has 1 fully saturated rings. The largest absolute Gasteiger partial charge is 0.505 e. The van der Waals surface area contributed by atoms with Crippen LogP contribution in [0.1, 0.15) is 31.5 Å². The van der Waals surface area contributed by atoms with E-state index in [0.717, 1.165) is 0 Å². The summed E-state index contributed by atoms with van der Waals surface area (Å²) in [5.41, 5.74) is 9.48. The molecule has 1 aliphatic heterocycles. The van der Waals surface area contributed by atoms with Crippen molar-refractivity contribution in [2.24, 2.45) is 0 Å². The second-order valence-electron chi connectivity index (χ2n) is 11.9. The van der Waals surface area contributed by atoms with Crippen LogP contribution in [0, 0.1) is 0 Å². The van der Waals surface area contributed by atoms with Gasteiger partial charge < -0.3 is 15.3 Å². The Labute approximate surface area is 290 Å². The number of fused-ring (bicyclic) bond motifs is 3. The maximum absolute atomic E-state index is 13.4. The fourth-order valence-electron chi connectivity index (χ4n) is 5.80. The molecule has 6 aromatic rings. The molecule has 0 unspecified atom stereocenters. The van der Waals surface area contributed by atoms with Gasteiger partial charge in [0.15, 0.2) is 17.1 Å². The molecule has 51 heavy (non-hydrogen) atoms. The molecular weight excluding hydrogens is 654 g/mol. The highest BCUT2D eigenvalue weighted by Crippen LogP contribution is 2.24. The first-order valence-corrected chi connectivity index (χ1v) is 16.2. The number of para-hydroxylation sites is 3. The van der Waals surface area contributed by atoms with Crippen LogP contribution >= 0.6 is 0 Å². The number of hydrazine groups is 3. The highest BCUT2D eigenvalue weighted by molar-refractivity contribution is 5.99. The van der Waals surface area contributed by atoms with Gasteiger partial charge in [-0.2, -0.15) is 0 Å². The lowest BCUT2D eigenvalue weighted by Gasteiger charge is -2.26. The molecule has 1 aliphatic rings. The van der Waals surface area contributed by atoms with Crippen molar-refractivity contribution < 1.29 is 29.7 Å². The highest BCUT2D eigenvalue weighted by atomic mass is 16.3. The van der Waals surface area contributed by atoms with Crippen LogP contribution in [-0.2, 0) is 0 Å². The van der Waals surface area contributed by atoms with Gasteiger partial charge in [0.25, 0.3) is 17.7 Å². The Morgan fingerprint density at radius 3 is 0.980 bits per heavy atom. The molecule has 3 aromatic heterocycles. The van der Waals surface area contributed by atoms with Gasteiger partial charge in [0.1, 0.15) is 17.2 Å². The number of aromatic nitrogens is 3. The summed E-state index contributed by atoms with van der Waals surface area (Å²) in [5, 5.41) is 38.6. The van der Waals surface area contributed by atoms with E-state index in [0.29, 0.717) is 32.7 Å². The van der Waals surface area contributed by atoms with Crippen molar-refractivity contribution in [1.29, 1.82) is 0 Å². The number of nitrogens with one attached hydrogen (secondary N) is 3. The van der Waals surface area contributed by atoms with Crippen LogP contribution in [0.5, 0.6) is 17.2 Å². The molecule has 4 heterocycles. The third-order valence-electron chi connectivity index (χ3n) is 8.46. The topological polar surface area (TPSA) is 196 Å². The maximum atomic E-state index is 13.4. The van der Waals surface area contributed by atoms with Gasteiger partial charge in [0.05, 0.1) is 16.6 Å². The van der Waals surface area contributed by atoms with E-state index in [4.69, 9.17) is 0 Å². The molecule has 3 aromatic carbocycles. The smallest absolute Gasteiger partial charge is 0.288 e. The third kappa shape index (κ3) is 7.30. The number of benzene rings is 3. The minimum absolute atomic E-state index is 0.167.